The maximum absolute atomic E-state index is 12.8. The minimum atomic E-state index is -0.289. The maximum atomic E-state index is 12.8. The van der Waals surface area contributed by atoms with Crippen LogP contribution in [0.4, 0.5) is 22.9 Å². The summed E-state index contributed by atoms with van der Waals surface area (Å²) >= 11 is 5.92. The molecule has 3 aromatic carbocycles. The number of benzene rings is 3. The number of piperazine rings is 1. The molecule has 1 saturated heterocycles. The summed E-state index contributed by atoms with van der Waals surface area (Å²) in [4.78, 5) is 30.2. The van der Waals surface area contributed by atoms with E-state index in [0.29, 0.717) is 39.0 Å². The molecule has 2 heterocycles. The van der Waals surface area contributed by atoms with Gasteiger partial charge in [-0.1, -0.05) is 30.7 Å². The van der Waals surface area contributed by atoms with Gasteiger partial charge in [0.25, 0.3) is 11.8 Å². The summed E-state index contributed by atoms with van der Waals surface area (Å²) in [5.41, 5.74) is 10.5. The van der Waals surface area contributed by atoms with Crippen LogP contribution in [-0.2, 0) is 0 Å². The van der Waals surface area contributed by atoms with Gasteiger partial charge >= 0.3 is 0 Å². The Morgan fingerprint density at radius 1 is 0.897 bits per heavy atom. The molecule has 0 radical (unpaired) electrons. The van der Waals surface area contributed by atoms with E-state index in [4.69, 9.17) is 17.3 Å². The van der Waals surface area contributed by atoms with Crippen molar-refractivity contribution in [2.75, 3.05) is 54.0 Å². The number of aromatic amines is 1. The van der Waals surface area contributed by atoms with Crippen molar-refractivity contribution in [3.8, 4) is 11.3 Å². The van der Waals surface area contributed by atoms with E-state index in [1.807, 2.05) is 24.3 Å². The third-order valence-corrected chi connectivity index (χ3v) is 7.09. The standard InChI is InChI=1S/C29H30ClN7O2/c1-2-36-13-15-37(16-14-36)23-10-7-21(8-11-23)29(39)33-27-18-26(34-35-27)19-3-5-20(6-4-19)28(38)32-25-12-9-22(30)17-24(25)31/h3-12,17-18H,2,13-16,31H2,1H3,(H,32,38)(H2,33,34,35,39). The summed E-state index contributed by atoms with van der Waals surface area (Å²) < 4.78 is 0. The number of nitrogens with zero attached hydrogens (tertiary/aromatic N) is 3. The van der Waals surface area contributed by atoms with Gasteiger partial charge in [-0.3, -0.25) is 14.7 Å². The molecule has 0 bridgehead atoms. The molecule has 0 atom stereocenters. The molecule has 0 saturated carbocycles. The van der Waals surface area contributed by atoms with Crippen molar-refractivity contribution in [1.82, 2.24) is 15.1 Å². The van der Waals surface area contributed by atoms with Crippen molar-refractivity contribution in [1.29, 1.82) is 0 Å². The van der Waals surface area contributed by atoms with Gasteiger partial charge in [-0.05, 0) is 66.7 Å². The Balaban J connectivity index is 1.18. The maximum Gasteiger partial charge on any atom is 0.256 e. The van der Waals surface area contributed by atoms with E-state index in [1.165, 1.54) is 0 Å². The molecule has 0 unspecified atom stereocenters. The van der Waals surface area contributed by atoms with Crippen LogP contribution in [0.3, 0.4) is 0 Å². The fourth-order valence-corrected chi connectivity index (χ4v) is 4.69. The van der Waals surface area contributed by atoms with Gasteiger partial charge in [0.15, 0.2) is 5.82 Å². The fourth-order valence-electron chi connectivity index (χ4n) is 4.51. The lowest BCUT2D eigenvalue weighted by molar-refractivity contribution is 0.101. The number of anilines is 4. The van der Waals surface area contributed by atoms with Crippen molar-refractivity contribution in [2.24, 2.45) is 0 Å². The first-order valence-corrected chi connectivity index (χ1v) is 13.2. The van der Waals surface area contributed by atoms with E-state index in [1.54, 1.807) is 48.5 Å². The second kappa shape index (κ2) is 11.6. The van der Waals surface area contributed by atoms with Crippen LogP contribution < -0.4 is 21.3 Å². The van der Waals surface area contributed by atoms with Gasteiger partial charge in [0.1, 0.15) is 0 Å². The summed E-state index contributed by atoms with van der Waals surface area (Å²) in [6.07, 6.45) is 0. The lowest BCUT2D eigenvalue weighted by Gasteiger charge is -2.35. The zero-order valence-corrected chi connectivity index (χ0v) is 22.3. The van der Waals surface area contributed by atoms with E-state index in [0.717, 1.165) is 44.0 Å². The van der Waals surface area contributed by atoms with Crippen molar-refractivity contribution >= 4 is 46.3 Å². The molecule has 1 aromatic heterocycles. The molecule has 1 aliphatic rings. The highest BCUT2D eigenvalue weighted by Gasteiger charge is 2.17. The van der Waals surface area contributed by atoms with Crippen LogP contribution >= 0.6 is 11.6 Å². The van der Waals surface area contributed by atoms with Gasteiger partial charge in [-0.25, -0.2) is 0 Å². The van der Waals surface area contributed by atoms with Gasteiger partial charge in [0.2, 0.25) is 0 Å². The third-order valence-electron chi connectivity index (χ3n) is 6.85. The first kappa shape index (κ1) is 26.3. The SMILES string of the molecule is CCN1CCN(c2ccc(C(=O)Nc3cc(-c4ccc(C(=O)Nc5ccc(Cl)cc5N)cc4)[nH]n3)cc2)CC1. The van der Waals surface area contributed by atoms with Crippen molar-refractivity contribution in [3.05, 3.63) is 88.9 Å². The quantitative estimate of drug-likeness (QED) is 0.245. The second-order valence-electron chi connectivity index (χ2n) is 9.35. The number of hydrogen-bond donors (Lipinski definition) is 4. The average Bonchev–Trinajstić information content (AvgIpc) is 3.43. The predicted octanol–water partition coefficient (Wildman–Crippen LogP) is 4.96. The number of nitrogen functional groups attached to an aromatic ring is 1. The van der Waals surface area contributed by atoms with Gasteiger partial charge < -0.3 is 26.2 Å². The van der Waals surface area contributed by atoms with Crippen LogP contribution in [0, 0.1) is 0 Å². The number of H-pyrrole nitrogens is 1. The number of amides is 2. The van der Waals surface area contributed by atoms with Crippen LogP contribution in [0.2, 0.25) is 5.02 Å². The molecule has 39 heavy (non-hydrogen) atoms. The molecule has 0 aliphatic carbocycles. The number of likely N-dealkylation sites (N-methyl/N-ethyl adjacent to an activating group) is 1. The summed E-state index contributed by atoms with van der Waals surface area (Å²) in [6.45, 7) is 7.33. The molecule has 1 fully saturated rings. The monoisotopic (exact) mass is 543 g/mol. The normalized spacial score (nSPS) is 13.7. The smallest absolute Gasteiger partial charge is 0.256 e. The summed E-state index contributed by atoms with van der Waals surface area (Å²) in [6, 6.07) is 21.3. The molecular weight excluding hydrogens is 514 g/mol. The molecule has 2 amide bonds. The Bertz CT molecular complexity index is 1460. The first-order valence-electron chi connectivity index (χ1n) is 12.8. The number of hydrogen-bond acceptors (Lipinski definition) is 6. The molecule has 0 spiro atoms. The molecule has 5 N–H and O–H groups in total. The summed E-state index contributed by atoms with van der Waals surface area (Å²) in [5, 5.41) is 13.3. The third kappa shape index (κ3) is 6.22. The summed E-state index contributed by atoms with van der Waals surface area (Å²) in [5.74, 6) is -0.110. The highest BCUT2D eigenvalue weighted by atomic mass is 35.5. The Labute approximate surface area is 231 Å². The minimum Gasteiger partial charge on any atom is -0.397 e. The number of carbonyl (C=O) groups excluding carboxylic acids is 2. The van der Waals surface area contributed by atoms with E-state index < -0.39 is 0 Å². The topological polar surface area (TPSA) is 119 Å². The van der Waals surface area contributed by atoms with E-state index in [9.17, 15) is 9.59 Å². The Hall–Kier alpha value is -4.34. The predicted molar refractivity (Wildman–Crippen MR) is 157 cm³/mol. The van der Waals surface area contributed by atoms with Crippen LogP contribution in [0.5, 0.6) is 0 Å². The number of carbonyl (C=O) groups is 2. The zero-order chi connectivity index (χ0) is 27.4. The zero-order valence-electron chi connectivity index (χ0n) is 21.6. The van der Waals surface area contributed by atoms with Crippen LogP contribution in [0.25, 0.3) is 11.3 Å². The van der Waals surface area contributed by atoms with Crippen molar-refractivity contribution in [3.63, 3.8) is 0 Å². The van der Waals surface area contributed by atoms with E-state index in [-0.39, 0.29) is 11.8 Å². The highest BCUT2D eigenvalue weighted by Crippen LogP contribution is 2.25. The van der Waals surface area contributed by atoms with Crippen LogP contribution in [0.1, 0.15) is 27.6 Å². The van der Waals surface area contributed by atoms with Crippen LogP contribution in [0.15, 0.2) is 72.8 Å². The number of rotatable bonds is 7. The Morgan fingerprint density at radius 3 is 2.18 bits per heavy atom. The molecular formula is C29H30ClN7O2. The number of nitrogens with two attached hydrogens (primary N) is 1. The molecule has 4 aromatic rings. The van der Waals surface area contributed by atoms with Gasteiger partial charge in [-0.15, -0.1) is 0 Å². The molecule has 1 aliphatic heterocycles. The minimum absolute atomic E-state index is 0.233. The average molecular weight is 544 g/mol. The lowest BCUT2D eigenvalue weighted by Crippen LogP contribution is -2.46. The van der Waals surface area contributed by atoms with E-state index in [2.05, 4.69) is 37.6 Å². The lowest BCUT2D eigenvalue weighted by atomic mass is 10.1. The van der Waals surface area contributed by atoms with Crippen LogP contribution in [-0.4, -0.2) is 59.6 Å². The van der Waals surface area contributed by atoms with Crippen molar-refractivity contribution < 1.29 is 9.59 Å². The fraction of sp³-hybridized carbons (Fsp3) is 0.207. The molecule has 5 rings (SSSR count). The largest absolute Gasteiger partial charge is 0.397 e. The highest BCUT2D eigenvalue weighted by molar-refractivity contribution is 6.31. The number of halogens is 1. The number of nitrogens with one attached hydrogen (secondary N) is 3. The number of aromatic nitrogens is 2. The van der Waals surface area contributed by atoms with Crippen molar-refractivity contribution in [2.45, 2.75) is 6.92 Å². The van der Waals surface area contributed by atoms with E-state index >= 15 is 0 Å². The molecule has 9 nitrogen and oxygen atoms in total. The summed E-state index contributed by atoms with van der Waals surface area (Å²) in [7, 11) is 0. The molecule has 10 heteroatoms. The van der Waals surface area contributed by atoms with Gasteiger partial charge in [0.05, 0.1) is 17.1 Å². The Morgan fingerprint density at radius 2 is 1.54 bits per heavy atom. The van der Waals surface area contributed by atoms with Gasteiger partial charge in [-0.2, -0.15) is 5.10 Å². The second-order valence-corrected chi connectivity index (χ2v) is 9.79. The van der Waals surface area contributed by atoms with Gasteiger partial charge in [0, 0.05) is 54.1 Å². The first-order chi connectivity index (χ1) is 18.9. The molecule has 200 valence electrons. The Kier molecular flexibility index (Phi) is 7.81.